The second-order valence-electron chi connectivity index (χ2n) is 4.94. The van der Waals surface area contributed by atoms with E-state index < -0.39 is 16.0 Å². The molecule has 1 saturated heterocycles. The molecule has 1 fully saturated rings. The van der Waals surface area contributed by atoms with Crippen molar-refractivity contribution in [3.05, 3.63) is 29.8 Å². The number of hydrogen-bond acceptors (Lipinski definition) is 3. The zero-order chi connectivity index (χ0) is 14.0. The molecule has 0 bridgehead atoms. The molecule has 0 spiro atoms. The van der Waals surface area contributed by atoms with Crippen molar-refractivity contribution >= 4 is 16.0 Å². The quantitative estimate of drug-likeness (QED) is 0.918. The fourth-order valence-electron chi connectivity index (χ4n) is 2.28. The van der Waals surface area contributed by atoms with E-state index in [2.05, 4.69) is 0 Å². The fraction of sp³-hybridized carbons (Fsp3) is 0.462. The summed E-state index contributed by atoms with van der Waals surface area (Å²) in [5.74, 6) is -0.697. The zero-order valence-corrected chi connectivity index (χ0v) is 11.6. The molecule has 1 aromatic carbocycles. The predicted molar refractivity (Wildman–Crippen MR) is 70.6 cm³/mol. The second kappa shape index (κ2) is 5.30. The topological polar surface area (TPSA) is 74.7 Å². The third-order valence-electron chi connectivity index (χ3n) is 3.36. The van der Waals surface area contributed by atoms with Gasteiger partial charge in [0.15, 0.2) is 0 Å². The molecule has 1 aliphatic heterocycles. The summed E-state index contributed by atoms with van der Waals surface area (Å²) in [6.07, 6.45) is 1.91. The molecule has 19 heavy (non-hydrogen) atoms. The molecule has 2 rings (SSSR count). The Bertz CT molecular complexity index is 565. The molecule has 0 radical (unpaired) electrons. The minimum atomic E-state index is -3.50. The van der Waals surface area contributed by atoms with Gasteiger partial charge in [-0.15, -0.1) is 0 Å². The smallest absolute Gasteiger partial charge is 0.335 e. The van der Waals surface area contributed by atoms with Gasteiger partial charge in [0.25, 0.3) is 0 Å². The molecule has 0 unspecified atom stereocenters. The number of carboxylic acids is 1. The van der Waals surface area contributed by atoms with Crippen LogP contribution in [0, 0.1) is 5.92 Å². The van der Waals surface area contributed by atoms with Crippen LogP contribution < -0.4 is 0 Å². The summed E-state index contributed by atoms with van der Waals surface area (Å²) in [6, 6.07) is 5.36. The number of carboxylic acid groups (broad SMARTS) is 1. The molecular weight excluding hydrogens is 266 g/mol. The standard InChI is InChI=1S/C13H17NO4S/c1-10-3-2-8-14(9-10)19(17,18)12-6-4-11(5-7-12)13(15)16/h4-7,10H,2-3,8-9H2,1H3,(H,15,16)/t10-/m0/s1. The number of carbonyl (C=O) groups is 1. The maximum Gasteiger partial charge on any atom is 0.335 e. The molecule has 1 aromatic rings. The van der Waals surface area contributed by atoms with Crippen LogP contribution in [0.3, 0.4) is 0 Å². The van der Waals surface area contributed by atoms with Gasteiger partial charge < -0.3 is 5.11 Å². The van der Waals surface area contributed by atoms with Gasteiger partial charge in [-0.2, -0.15) is 4.31 Å². The minimum Gasteiger partial charge on any atom is -0.478 e. The highest BCUT2D eigenvalue weighted by molar-refractivity contribution is 7.89. The van der Waals surface area contributed by atoms with E-state index in [-0.39, 0.29) is 10.5 Å². The predicted octanol–water partition coefficient (Wildman–Crippen LogP) is 1.81. The van der Waals surface area contributed by atoms with Crippen molar-refractivity contribution < 1.29 is 18.3 Å². The van der Waals surface area contributed by atoms with Gasteiger partial charge in [0, 0.05) is 13.1 Å². The van der Waals surface area contributed by atoms with E-state index in [1.807, 2.05) is 6.92 Å². The normalized spacial score (nSPS) is 21.2. The minimum absolute atomic E-state index is 0.0889. The van der Waals surface area contributed by atoms with Gasteiger partial charge in [-0.3, -0.25) is 0 Å². The zero-order valence-electron chi connectivity index (χ0n) is 10.7. The van der Waals surface area contributed by atoms with Crippen LogP contribution in [-0.4, -0.2) is 36.9 Å². The van der Waals surface area contributed by atoms with Crippen LogP contribution in [0.2, 0.25) is 0 Å². The van der Waals surface area contributed by atoms with E-state index in [0.29, 0.717) is 19.0 Å². The second-order valence-corrected chi connectivity index (χ2v) is 6.88. The van der Waals surface area contributed by atoms with Gasteiger partial charge in [0.2, 0.25) is 10.0 Å². The first-order valence-electron chi connectivity index (χ1n) is 6.25. The monoisotopic (exact) mass is 283 g/mol. The van der Waals surface area contributed by atoms with Crippen LogP contribution in [0.25, 0.3) is 0 Å². The summed E-state index contributed by atoms with van der Waals surface area (Å²) in [7, 11) is -3.50. The Labute approximate surface area is 112 Å². The largest absolute Gasteiger partial charge is 0.478 e. The summed E-state index contributed by atoms with van der Waals surface area (Å²) in [6.45, 7) is 3.10. The summed E-state index contributed by atoms with van der Waals surface area (Å²) in [5.41, 5.74) is 0.0889. The molecule has 0 aliphatic carbocycles. The highest BCUT2D eigenvalue weighted by atomic mass is 32.2. The van der Waals surface area contributed by atoms with E-state index in [9.17, 15) is 13.2 Å². The molecule has 1 N–H and O–H groups in total. The molecule has 0 aromatic heterocycles. The van der Waals surface area contributed by atoms with Crippen LogP contribution in [0.4, 0.5) is 0 Å². The van der Waals surface area contributed by atoms with Gasteiger partial charge in [-0.1, -0.05) is 6.92 Å². The lowest BCUT2D eigenvalue weighted by Gasteiger charge is -2.30. The molecule has 6 heteroatoms. The van der Waals surface area contributed by atoms with Gasteiger partial charge in [0.05, 0.1) is 10.5 Å². The molecule has 1 aliphatic rings. The average molecular weight is 283 g/mol. The first-order valence-corrected chi connectivity index (χ1v) is 7.69. The Hall–Kier alpha value is -1.40. The third kappa shape index (κ3) is 2.96. The molecule has 0 amide bonds. The van der Waals surface area contributed by atoms with Crippen molar-refractivity contribution in [1.29, 1.82) is 0 Å². The van der Waals surface area contributed by atoms with E-state index in [1.54, 1.807) is 0 Å². The maximum atomic E-state index is 12.4. The number of piperidine rings is 1. The lowest BCUT2D eigenvalue weighted by molar-refractivity contribution is 0.0696. The fourth-order valence-corrected chi connectivity index (χ4v) is 3.88. The van der Waals surface area contributed by atoms with Crippen LogP contribution >= 0.6 is 0 Å². The van der Waals surface area contributed by atoms with Crippen molar-refractivity contribution in [2.75, 3.05) is 13.1 Å². The van der Waals surface area contributed by atoms with Crippen LogP contribution in [0.1, 0.15) is 30.1 Å². The summed E-state index contributed by atoms with van der Waals surface area (Å²) in [5, 5.41) is 8.80. The number of hydrogen-bond donors (Lipinski definition) is 1. The number of rotatable bonds is 3. The first kappa shape index (κ1) is 14.0. The van der Waals surface area contributed by atoms with E-state index in [1.165, 1.54) is 28.6 Å². The van der Waals surface area contributed by atoms with Crippen LogP contribution in [0.5, 0.6) is 0 Å². The Morgan fingerprint density at radius 3 is 2.47 bits per heavy atom. The molecule has 1 heterocycles. The number of sulfonamides is 1. The Morgan fingerprint density at radius 2 is 1.95 bits per heavy atom. The summed E-state index contributed by atoms with van der Waals surface area (Å²) >= 11 is 0. The first-order chi connectivity index (χ1) is 8.91. The SMILES string of the molecule is C[C@H]1CCCN(S(=O)(=O)c2ccc(C(=O)O)cc2)C1. The Balaban J connectivity index is 2.26. The van der Waals surface area contributed by atoms with Crippen LogP contribution in [-0.2, 0) is 10.0 Å². The molecule has 1 atom stereocenters. The average Bonchev–Trinajstić information content (AvgIpc) is 2.39. The lowest BCUT2D eigenvalue weighted by atomic mass is 10.0. The van der Waals surface area contributed by atoms with Crippen molar-refractivity contribution in [2.24, 2.45) is 5.92 Å². The number of aromatic carboxylic acids is 1. The molecule has 104 valence electrons. The highest BCUT2D eigenvalue weighted by Gasteiger charge is 2.28. The Kier molecular flexibility index (Phi) is 3.91. The maximum absolute atomic E-state index is 12.4. The molecular formula is C13H17NO4S. The van der Waals surface area contributed by atoms with Gasteiger partial charge in [-0.25, -0.2) is 13.2 Å². The number of nitrogens with zero attached hydrogens (tertiary/aromatic N) is 1. The van der Waals surface area contributed by atoms with Gasteiger partial charge in [-0.05, 0) is 43.0 Å². The van der Waals surface area contributed by atoms with Crippen molar-refractivity contribution in [1.82, 2.24) is 4.31 Å². The molecule has 0 saturated carbocycles. The summed E-state index contributed by atoms with van der Waals surface area (Å²) < 4.78 is 26.3. The summed E-state index contributed by atoms with van der Waals surface area (Å²) in [4.78, 5) is 10.9. The van der Waals surface area contributed by atoms with Crippen LogP contribution in [0.15, 0.2) is 29.2 Å². The Morgan fingerprint density at radius 1 is 1.32 bits per heavy atom. The van der Waals surface area contributed by atoms with E-state index in [0.717, 1.165) is 12.8 Å². The lowest BCUT2D eigenvalue weighted by Crippen LogP contribution is -2.39. The van der Waals surface area contributed by atoms with Crippen molar-refractivity contribution in [2.45, 2.75) is 24.7 Å². The van der Waals surface area contributed by atoms with Crippen molar-refractivity contribution in [3.63, 3.8) is 0 Å². The number of benzene rings is 1. The third-order valence-corrected chi connectivity index (χ3v) is 5.24. The van der Waals surface area contributed by atoms with E-state index in [4.69, 9.17) is 5.11 Å². The molecule has 5 nitrogen and oxygen atoms in total. The van der Waals surface area contributed by atoms with Crippen molar-refractivity contribution in [3.8, 4) is 0 Å². The van der Waals surface area contributed by atoms with Gasteiger partial charge >= 0.3 is 5.97 Å². The highest BCUT2D eigenvalue weighted by Crippen LogP contribution is 2.23. The van der Waals surface area contributed by atoms with E-state index >= 15 is 0 Å². The van der Waals surface area contributed by atoms with Gasteiger partial charge in [0.1, 0.15) is 0 Å².